The molecular formula is C14H17NO4. The lowest BCUT2D eigenvalue weighted by Crippen LogP contribution is -2.35. The van der Waals surface area contributed by atoms with E-state index in [1.165, 1.54) is 6.08 Å². The molecule has 0 unspecified atom stereocenters. The first-order valence-corrected chi connectivity index (χ1v) is 5.86. The van der Waals surface area contributed by atoms with Crippen molar-refractivity contribution in [3.63, 3.8) is 0 Å². The predicted molar refractivity (Wildman–Crippen MR) is 70.0 cm³/mol. The summed E-state index contributed by atoms with van der Waals surface area (Å²) in [6.07, 6.45) is 1.23. The molecule has 1 atom stereocenters. The highest BCUT2D eigenvalue weighted by molar-refractivity contribution is 5.82. The molecule has 0 aromatic heterocycles. The number of hydrogen-bond donors (Lipinski definition) is 1. The Morgan fingerprint density at radius 1 is 1.26 bits per heavy atom. The molecular weight excluding hydrogens is 246 g/mol. The lowest BCUT2D eigenvalue weighted by atomic mass is 10.2. The van der Waals surface area contributed by atoms with Crippen LogP contribution in [0, 0.1) is 0 Å². The highest BCUT2D eigenvalue weighted by Crippen LogP contribution is 2.03. The summed E-state index contributed by atoms with van der Waals surface area (Å²) in [5.41, 5.74) is 6.41. The van der Waals surface area contributed by atoms with E-state index in [2.05, 4.69) is 6.58 Å². The third-order valence-corrected chi connectivity index (χ3v) is 2.28. The molecule has 0 bridgehead atoms. The Balaban J connectivity index is 2.32. The van der Waals surface area contributed by atoms with Gasteiger partial charge in [0.25, 0.3) is 0 Å². The van der Waals surface area contributed by atoms with Crippen LogP contribution in [-0.4, -0.2) is 24.6 Å². The van der Waals surface area contributed by atoms with Crippen molar-refractivity contribution in [2.75, 3.05) is 6.61 Å². The van der Waals surface area contributed by atoms with Crippen LogP contribution in [0.25, 0.3) is 0 Å². The van der Waals surface area contributed by atoms with Gasteiger partial charge in [0, 0.05) is 0 Å². The molecule has 19 heavy (non-hydrogen) atoms. The molecule has 5 nitrogen and oxygen atoms in total. The average molecular weight is 263 g/mol. The fourth-order valence-electron chi connectivity index (χ4n) is 1.31. The van der Waals surface area contributed by atoms with Crippen molar-refractivity contribution in [2.45, 2.75) is 19.1 Å². The van der Waals surface area contributed by atoms with Gasteiger partial charge in [-0.3, -0.25) is 9.59 Å². The van der Waals surface area contributed by atoms with Gasteiger partial charge in [0.1, 0.15) is 19.3 Å². The van der Waals surface area contributed by atoms with Crippen molar-refractivity contribution in [3.8, 4) is 0 Å². The number of carbonyl (C=O) groups excluding carboxylic acids is 2. The molecule has 1 rings (SSSR count). The Morgan fingerprint density at radius 2 is 1.95 bits per heavy atom. The number of nitrogens with two attached hydrogens (primary N) is 1. The fourth-order valence-corrected chi connectivity index (χ4v) is 1.31. The molecule has 2 N–H and O–H groups in total. The second kappa shape index (κ2) is 8.05. The smallest absolute Gasteiger partial charge is 0.323 e. The number of esters is 2. The molecule has 0 aliphatic rings. The van der Waals surface area contributed by atoms with Crippen molar-refractivity contribution in [2.24, 2.45) is 5.73 Å². The van der Waals surface area contributed by atoms with E-state index in [1.54, 1.807) is 0 Å². The van der Waals surface area contributed by atoms with Crippen LogP contribution in [0.3, 0.4) is 0 Å². The number of carbonyl (C=O) groups is 2. The van der Waals surface area contributed by atoms with Crippen molar-refractivity contribution in [1.29, 1.82) is 0 Å². The molecule has 0 amide bonds. The zero-order valence-corrected chi connectivity index (χ0v) is 10.6. The van der Waals surface area contributed by atoms with E-state index < -0.39 is 18.0 Å². The van der Waals surface area contributed by atoms with Gasteiger partial charge in [-0.1, -0.05) is 43.0 Å². The van der Waals surface area contributed by atoms with Gasteiger partial charge in [-0.15, -0.1) is 0 Å². The summed E-state index contributed by atoms with van der Waals surface area (Å²) >= 11 is 0. The Morgan fingerprint density at radius 3 is 2.58 bits per heavy atom. The van der Waals surface area contributed by atoms with Crippen LogP contribution >= 0.6 is 0 Å². The first-order chi connectivity index (χ1) is 9.13. The molecule has 0 radical (unpaired) electrons. The SMILES string of the molecule is C=CCOC(=O)C[C@@H](N)C(=O)OCc1ccccc1. The van der Waals surface area contributed by atoms with E-state index in [0.29, 0.717) is 0 Å². The molecule has 0 fully saturated rings. The highest BCUT2D eigenvalue weighted by Gasteiger charge is 2.19. The topological polar surface area (TPSA) is 78.6 Å². The highest BCUT2D eigenvalue weighted by atomic mass is 16.5. The number of rotatable bonds is 7. The summed E-state index contributed by atoms with van der Waals surface area (Å²) in [7, 11) is 0. The molecule has 0 saturated carbocycles. The van der Waals surface area contributed by atoms with Crippen LogP contribution in [0.5, 0.6) is 0 Å². The second-order valence-corrected chi connectivity index (χ2v) is 3.88. The van der Waals surface area contributed by atoms with E-state index in [1.807, 2.05) is 30.3 Å². The Hall–Kier alpha value is -2.14. The van der Waals surface area contributed by atoms with E-state index in [0.717, 1.165) is 5.56 Å². The van der Waals surface area contributed by atoms with Crippen molar-refractivity contribution >= 4 is 11.9 Å². The van der Waals surface area contributed by atoms with Gasteiger partial charge in [-0.25, -0.2) is 0 Å². The maximum atomic E-state index is 11.6. The molecule has 102 valence electrons. The predicted octanol–water partition coefficient (Wildman–Crippen LogP) is 1.18. The van der Waals surface area contributed by atoms with Crippen LogP contribution in [-0.2, 0) is 25.7 Å². The van der Waals surface area contributed by atoms with Gasteiger partial charge in [0.05, 0.1) is 6.42 Å². The zero-order valence-electron chi connectivity index (χ0n) is 10.6. The molecule has 5 heteroatoms. The van der Waals surface area contributed by atoms with Crippen LogP contribution in [0.4, 0.5) is 0 Å². The minimum Gasteiger partial charge on any atom is -0.461 e. The Labute approximate surface area is 112 Å². The monoisotopic (exact) mass is 263 g/mol. The van der Waals surface area contributed by atoms with Crippen LogP contribution in [0.2, 0.25) is 0 Å². The summed E-state index contributed by atoms with van der Waals surface area (Å²) in [4.78, 5) is 22.8. The van der Waals surface area contributed by atoms with E-state index in [-0.39, 0.29) is 19.6 Å². The van der Waals surface area contributed by atoms with Gasteiger partial charge in [0.2, 0.25) is 0 Å². The largest absolute Gasteiger partial charge is 0.461 e. The molecule has 1 aromatic carbocycles. The molecule has 0 spiro atoms. The lowest BCUT2D eigenvalue weighted by Gasteiger charge is -2.10. The summed E-state index contributed by atoms with van der Waals surface area (Å²) in [5.74, 6) is -1.18. The van der Waals surface area contributed by atoms with E-state index in [9.17, 15) is 9.59 Å². The van der Waals surface area contributed by atoms with Gasteiger partial charge in [-0.05, 0) is 5.56 Å². The summed E-state index contributed by atoms with van der Waals surface area (Å²) in [5, 5.41) is 0. The third kappa shape index (κ3) is 5.83. The second-order valence-electron chi connectivity index (χ2n) is 3.88. The van der Waals surface area contributed by atoms with Crippen LogP contribution in [0.15, 0.2) is 43.0 Å². The lowest BCUT2D eigenvalue weighted by molar-refractivity contribution is -0.152. The van der Waals surface area contributed by atoms with Crippen LogP contribution in [0.1, 0.15) is 12.0 Å². The molecule has 0 aliphatic heterocycles. The zero-order chi connectivity index (χ0) is 14.1. The molecule has 0 saturated heterocycles. The van der Waals surface area contributed by atoms with E-state index in [4.69, 9.17) is 15.2 Å². The Bertz CT molecular complexity index is 430. The first-order valence-electron chi connectivity index (χ1n) is 5.86. The average Bonchev–Trinajstić information content (AvgIpc) is 2.43. The normalized spacial score (nSPS) is 11.4. The molecule has 0 aliphatic carbocycles. The van der Waals surface area contributed by atoms with Gasteiger partial charge in [0.15, 0.2) is 0 Å². The van der Waals surface area contributed by atoms with Gasteiger partial charge in [-0.2, -0.15) is 0 Å². The standard InChI is InChI=1S/C14H17NO4/c1-2-8-18-13(16)9-12(15)14(17)19-10-11-6-4-3-5-7-11/h2-7,12H,1,8-10,15H2/t12-/m1/s1. The van der Waals surface area contributed by atoms with Crippen molar-refractivity contribution in [1.82, 2.24) is 0 Å². The minimum atomic E-state index is -1.01. The van der Waals surface area contributed by atoms with Crippen molar-refractivity contribution < 1.29 is 19.1 Å². The molecule has 1 aromatic rings. The van der Waals surface area contributed by atoms with E-state index >= 15 is 0 Å². The van der Waals surface area contributed by atoms with Crippen molar-refractivity contribution in [3.05, 3.63) is 48.6 Å². The maximum Gasteiger partial charge on any atom is 0.323 e. The first kappa shape index (κ1) is 14.9. The number of hydrogen-bond acceptors (Lipinski definition) is 5. The third-order valence-electron chi connectivity index (χ3n) is 2.28. The minimum absolute atomic E-state index is 0.102. The quantitative estimate of drug-likeness (QED) is 0.590. The summed E-state index contributed by atoms with van der Waals surface area (Å²) in [6, 6.07) is 8.20. The van der Waals surface area contributed by atoms with Gasteiger partial charge < -0.3 is 15.2 Å². The van der Waals surface area contributed by atoms with Gasteiger partial charge >= 0.3 is 11.9 Å². The number of benzene rings is 1. The summed E-state index contributed by atoms with van der Waals surface area (Å²) in [6.45, 7) is 3.65. The molecule has 0 heterocycles. The number of ether oxygens (including phenoxy) is 2. The maximum absolute atomic E-state index is 11.6. The fraction of sp³-hybridized carbons (Fsp3) is 0.286. The van der Waals surface area contributed by atoms with Crippen LogP contribution < -0.4 is 5.73 Å². The Kier molecular flexibility index (Phi) is 6.32. The summed E-state index contributed by atoms with van der Waals surface area (Å²) < 4.78 is 9.73.